The highest BCUT2D eigenvalue weighted by Crippen LogP contribution is 2.52. The lowest BCUT2D eigenvalue weighted by Gasteiger charge is -2.23. The van der Waals surface area contributed by atoms with Gasteiger partial charge in [0.2, 0.25) is 0 Å². The Balaban J connectivity index is 2.06. The Kier molecular flexibility index (Phi) is 5.17. The lowest BCUT2D eigenvalue weighted by Crippen LogP contribution is -2.39. The van der Waals surface area contributed by atoms with Gasteiger partial charge in [-0.1, -0.05) is 42.0 Å². The number of hydrogen-bond acceptors (Lipinski definition) is 6. The summed E-state index contributed by atoms with van der Waals surface area (Å²) >= 11 is 0. The molecular weight excluding hydrogens is 348 g/mol. The Hall–Kier alpha value is -2.89. The number of carbonyl (C=O) groups is 3. The Morgan fingerprint density at radius 3 is 2.15 bits per heavy atom. The molecule has 1 unspecified atom stereocenters. The maximum atomic E-state index is 12.4. The minimum absolute atomic E-state index is 0.121. The first-order chi connectivity index (χ1) is 13.0. The summed E-state index contributed by atoms with van der Waals surface area (Å²) in [7, 11) is 3.87. The quantitative estimate of drug-likeness (QED) is 0.461. The smallest absolute Gasteiger partial charge is 0.334 e. The molecule has 2 aliphatic carbocycles. The third kappa shape index (κ3) is 3.16. The minimum Gasteiger partial charge on any atom is -0.468 e. The van der Waals surface area contributed by atoms with E-state index in [9.17, 15) is 14.4 Å². The Morgan fingerprint density at radius 2 is 1.59 bits per heavy atom. The highest BCUT2D eigenvalue weighted by atomic mass is 16.5. The zero-order valence-electron chi connectivity index (χ0n) is 15.6. The maximum absolute atomic E-state index is 12.4. The summed E-state index contributed by atoms with van der Waals surface area (Å²) in [6, 6.07) is 9.51. The maximum Gasteiger partial charge on any atom is 0.334 e. The molecule has 0 N–H and O–H groups in total. The van der Waals surface area contributed by atoms with Crippen molar-refractivity contribution in [2.24, 2.45) is 11.3 Å². The van der Waals surface area contributed by atoms with Crippen LogP contribution in [0.25, 0.3) is 5.57 Å². The zero-order valence-corrected chi connectivity index (χ0v) is 15.6. The first-order valence-electron chi connectivity index (χ1n) is 8.71. The highest BCUT2D eigenvalue weighted by Gasteiger charge is 2.56. The molecule has 0 aromatic heterocycles. The molecule has 0 saturated heterocycles. The van der Waals surface area contributed by atoms with E-state index in [1.807, 2.05) is 36.4 Å². The normalized spacial score (nSPS) is 20.4. The number of fused-ring (bicyclic) bond motifs is 1. The molecule has 0 aliphatic heterocycles. The van der Waals surface area contributed by atoms with Gasteiger partial charge in [0.25, 0.3) is 0 Å². The molecule has 6 heteroatoms. The van der Waals surface area contributed by atoms with Crippen molar-refractivity contribution in [2.45, 2.75) is 19.3 Å². The van der Waals surface area contributed by atoms with Crippen LogP contribution in [0.2, 0.25) is 0 Å². The van der Waals surface area contributed by atoms with E-state index in [-0.39, 0.29) is 18.8 Å². The molecule has 2 aliphatic rings. The fourth-order valence-corrected chi connectivity index (χ4v) is 4.09. The summed E-state index contributed by atoms with van der Waals surface area (Å²) in [5, 5.41) is 0. The van der Waals surface area contributed by atoms with Gasteiger partial charge in [0, 0.05) is 5.57 Å². The molecule has 1 saturated carbocycles. The topological polar surface area (TPSA) is 78.9 Å². The zero-order chi connectivity index (χ0) is 19.6. The fourth-order valence-electron chi connectivity index (χ4n) is 4.09. The van der Waals surface area contributed by atoms with Crippen molar-refractivity contribution in [1.29, 1.82) is 0 Å². The fraction of sp³-hybridized carbons (Fsp3) is 0.381. The third-order valence-electron chi connectivity index (χ3n) is 5.40. The molecule has 142 valence electrons. The molecular formula is C21H22O6. The second kappa shape index (κ2) is 7.39. The van der Waals surface area contributed by atoms with E-state index in [0.717, 1.165) is 16.7 Å². The van der Waals surface area contributed by atoms with Crippen molar-refractivity contribution in [3.63, 3.8) is 0 Å². The van der Waals surface area contributed by atoms with Crippen LogP contribution in [0.15, 0.2) is 47.6 Å². The van der Waals surface area contributed by atoms with E-state index in [0.29, 0.717) is 12.0 Å². The van der Waals surface area contributed by atoms with Crippen LogP contribution < -0.4 is 0 Å². The summed E-state index contributed by atoms with van der Waals surface area (Å²) in [6.07, 6.45) is 2.78. The lowest BCUT2D eigenvalue weighted by atomic mass is 9.82. The second-order valence-electron chi connectivity index (χ2n) is 6.82. The largest absolute Gasteiger partial charge is 0.468 e. The molecule has 6 nitrogen and oxygen atoms in total. The number of allylic oxidation sites excluding steroid dienone is 3. The molecule has 3 rings (SSSR count). The molecule has 1 atom stereocenters. The number of hydrogen-bond donors (Lipinski definition) is 0. The van der Waals surface area contributed by atoms with Crippen LogP contribution >= 0.6 is 0 Å². The average molecular weight is 370 g/mol. The van der Waals surface area contributed by atoms with Crippen LogP contribution in [-0.2, 0) is 28.6 Å². The van der Waals surface area contributed by atoms with Crippen LogP contribution in [0.1, 0.15) is 24.8 Å². The van der Waals surface area contributed by atoms with Crippen LogP contribution in [0.5, 0.6) is 0 Å². The molecule has 0 radical (unpaired) electrons. The van der Waals surface area contributed by atoms with Crippen molar-refractivity contribution < 1.29 is 28.6 Å². The Morgan fingerprint density at radius 1 is 0.963 bits per heavy atom. The van der Waals surface area contributed by atoms with Gasteiger partial charge in [-0.15, -0.1) is 0 Å². The molecule has 27 heavy (non-hydrogen) atoms. The molecule has 0 bridgehead atoms. The first kappa shape index (κ1) is 18.9. The summed E-state index contributed by atoms with van der Waals surface area (Å²) in [4.78, 5) is 37.3. The van der Waals surface area contributed by atoms with Crippen molar-refractivity contribution in [3.8, 4) is 0 Å². The molecule has 1 aromatic rings. The van der Waals surface area contributed by atoms with Gasteiger partial charge in [0.1, 0.15) is 0 Å². The number of esters is 3. The summed E-state index contributed by atoms with van der Waals surface area (Å²) < 4.78 is 14.8. The van der Waals surface area contributed by atoms with Crippen molar-refractivity contribution in [3.05, 3.63) is 53.1 Å². The predicted molar refractivity (Wildman–Crippen MR) is 97.3 cm³/mol. The van der Waals surface area contributed by atoms with E-state index < -0.39 is 23.3 Å². The third-order valence-corrected chi connectivity index (χ3v) is 5.40. The first-order valence-corrected chi connectivity index (χ1v) is 8.71. The second-order valence-corrected chi connectivity index (χ2v) is 6.82. The summed E-state index contributed by atoms with van der Waals surface area (Å²) in [5.41, 5.74) is 1.77. The van der Waals surface area contributed by atoms with Crippen LogP contribution in [0, 0.1) is 11.3 Å². The summed E-state index contributed by atoms with van der Waals surface area (Å²) in [5.74, 6) is -1.74. The average Bonchev–Trinajstić information content (AvgIpc) is 3.11. The molecule has 0 amide bonds. The van der Waals surface area contributed by atoms with E-state index in [2.05, 4.69) is 0 Å². The van der Waals surface area contributed by atoms with Gasteiger partial charge in [0.15, 0.2) is 5.41 Å². The highest BCUT2D eigenvalue weighted by molar-refractivity contribution is 6.03. The van der Waals surface area contributed by atoms with Crippen LogP contribution in [0.3, 0.4) is 0 Å². The number of methoxy groups -OCH3 is 3. The van der Waals surface area contributed by atoms with Crippen LogP contribution in [0.4, 0.5) is 0 Å². The monoisotopic (exact) mass is 370 g/mol. The number of carbonyl (C=O) groups excluding carboxylic acids is 3. The van der Waals surface area contributed by atoms with Gasteiger partial charge in [-0.2, -0.15) is 0 Å². The van der Waals surface area contributed by atoms with Gasteiger partial charge in [0.05, 0.1) is 21.3 Å². The molecule has 1 fully saturated rings. The van der Waals surface area contributed by atoms with E-state index in [1.54, 1.807) is 0 Å². The number of ether oxygens (including phenoxy) is 3. The van der Waals surface area contributed by atoms with Gasteiger partial charge in [-0.3, -0.25) is 9.59 Å². The van der Waals surface area contributed by atoms with Gasteiger partial charge >= 0.3 is 17.9 Å². The molecule has 0 heterocycles. The number of benzene rings is 1. The van der Waals surface area contributed by atoms with E-state index in [4.69, 9.17) is 14.2 Å². The SMILES string of the molecule is COC(=O)C1=C(c2ccccc2)C=C2CC(C(=O)OC)(C(=O)OC)CC2C1. The van der Waals surface area contributed by atoms with Gasteiger partial charge in [-0.25, -0.2) is 4.79 Å². The van der Waals surface area contributed by atoms with Gasteiger partial charge < -0.3 is 14.2 Å². The Bertz CT molecular complexity index is 817. The molecule has 1 aromatic carbocycles. The van der Waals surface area contributed by atoms with Crippen molar-refractivity contribution >= 4 is 23.5 Å². The standard InChI is InChI=1S/C21H22O6/c1-25-18(22)17-10-15-12-21(19(23)26-2,20(24)27-3)11-14(15)9-16(17)13-7-5-4-6-8-13/h4-9,15H,10-12H2,1-3H3. The summed E-state index contributed by atoms with van der Waals surface area (Å²) in [6.45, 7) is 0. The van der Waals surface area contributed by atoms with Gasteiger partial charge in [-0.05, 0) is 36.3 Å². The van der Waals surface area contributed by atoms with E-state index in [1.165, 1.54) is 21.3 Å². The van der Waals surface area contributed by atoms with Crippen molar-refractivity contribution in [1.82, 2.24) is 0 Å². The van der Waals surface area contributed by atoms with Crippen LogP contribution in [-0.4, -0.2) is 39.2 Å². The predicted octanol–water partition coefficient (Wildman–Crippen LogP) is 2.69. The van der Waals surface area contributed by atoms with Crippen molar-refractivity contribution in [2.75, 3.05) is 21.3 Å². The minimum atomic E-state index is -1.37. The van der Waals surface area contributed by atoms with E-state index >= 15 is 0 Å². The lowest BCUT2D eigenvalue weighted by molar-refractivity contribution is -0.168. The number of rotatable bonds is 4. The Labute approximate surface area is 157 Å². The molecule has 0 spiro atoms.